The van der Waals surface area contributed by atoms with Gasteiger partial charge in [0.05, 0.1) is 6.54 Å². The molecule has 1 aromatic rings. The van der Waals surface area contributed by atoms with E-state index in [2.05, 4.69) is 26.2 Å². The number of rotatable bonds is 3. The summed E-state index contributed by atoms with van der Waals surface area (Å²) in [5.74, 6) is -0.138. The average Bonchev–Trinajstić information content (AvgIpc) is 2.34. The van der Waals surface area contributed by atoms with Gasteiger partial charge in [0.2, 0.25) is 11.8 Å². The van der Waals surface area contributed by atoms with Crippen LogP contribution in [-0.2, 0) is 16.1 Å². The lowest BCUT2D eigenvalue weighted by Gasteiger charge is -2.34. The molecule has 0 spiro atoms. The van der Waals surface area contributed by atoms with E-state index in [4.69, 9.17) is 0 Å². The molecule has 6 heteroatoms. The van der Waals surface area contributed by atoms with Gasteiger partial charge in [-0.3, -0.25) is 14.6 Å². The zero-order valence-electron chi connectivity index (χ0n) is 10.0. The minimum atomic E-state index is -0.384. The van der Waals surface area contributed by atoms with Gasteiger partial charge in [-0.15, -0.1) is 0 Å². The molecule has 0 radical (unpaired) electrons. The molecule has 2 amide bonds. The molecule has 1 saturated heterocycles. The van der Waals surface area contributed by atoms with Gasteiger partial charge in [-0.2, -0.15) is 0 Å². The minimum absolute atomic E-state index is 0.0542. The van der Waals surface area contributed by atoms with Crippen LogP contribution < -0.4 is 5.32 Å². The van der Waals surface area contributed by atoms with Crippen molar-refractivity contribution in [1.29, 1.82) is 0 Å². The maximum atomic E-state index is 11.9. The second-order valence-corrected chi connectivity index (χ2v) is 5.09. The molecule has 2 heterocycles. The number of hydrogen-bond donors (Lipinski definition) is 1. The summed E-state index contributed by atoms with van der Waals surface area (Å²) in [6, 6.07) is 1.52. The van der Waals surface area contributed by atoms with Gasteiger partial charge in [-0.05, 0) is 34.0 Å². The number of amides is 2. The highest BCUT2D eigenvalue weighted by molar-refractivity contribution is 9.10. The summed E-state index contributed by atoms with van der Waals surface area (Å²) in [5.41, 5.74) is 0.908. The standard InChI is InChI=1S/C12H14BrN3O2/c1-2-10-12(18)15-6-11(17)16(10)7-8-3-9(13)5-14-4-8/h3-5,10H,2,6-7H2,1H3,(H,15,18). The van der Waals surface area contributed by atoms with E-state index in [1.165, 1.54) is 0 Å². The maximum Gasteiger partial charge on any atom is 0.243 e. The van der Waals surface area contributed by atoms with E-state index in [0.29, 0.717) is 13.0 Å². The molecule has 1 aliphatic heterocycles. The molecule has 0 aliphatic carbocycles. The van der Waals surface area contributed by atoms with Crippen molar-refractivity contribution in [3.05, 3.63) is 28.5 Å². The molecule has 5 nitrogen and oxygen atoms in total. The number of nitrogens with zero attached hydrogens (tertiary/aromatic N) is 2. The van der Waals surface area contributed by atoms with Crippen LogP contribution in [0.3, 0.4) is 0 Å². The molecule has 96 valence electrons. The second kappa shape index (κ2) is 5.48. The van der Waals surface area contributed by atoms with Gasteiger partial charge in [0.1, 0.15) is 6.04 Å². The Labute approximate surface area is 114 Å². The number of piperazine rings is 1. The third-order valence-corrected chi connectivity index (χ3v) is 3.35. The number of pyridine rings is 1. The minimum Gasteiger partial charge on any atom is -0.345 e. The van der Waals surface area contributed by atoms with Crippen molar-refractivity contribution >= 4 is 27.7 Å². The summed E-state index contributed by atoms with van der Waals surface area (Å²) in [4.78, 5) is 29.3. The maximum absolute atomic E-state index is 11.9. The molecule has 0 aromatic carbocycles. The molecule has 0 saturated carbocycles. The predicted octanol–water partition coefficient (Wildman–Crippen LogP) is 1.08. The average molecular weight is 312 g/mol. The number of carbonyl (C=O) groups is 2. The largest absolute Gasteiger partial charge is 0.345 e. The summed E-state index contributed by atoms with van der Waals surface area (Å²) in [6.07, 6.45) is 4.00. The van der Waals surface area contributed by atoms with Crippen molar-refractivity contribution in [3.63, 3.8) is 0 Å². The van der Waals surface area contributed by atoms with Crippen LogP contribution in [0.5, 0.6) is 0 Å². The Morgan fingerprint density at radius 1 is 1.50 bits per heavy atom. The number of aromatic nitrogens is 1. The van der Waals surface area contributed by atoms with Crippen LogP contribution in [-0.4, -0.2) is 34.3 Å². The van der Waals surface area contributed by atoms with Crippen LogP contribution in [0.15, 0.2) is 22.9 Å². The summed E-state index contributed by atoms with van der Waals surface area (Å²) >= 11 is 3.34. The number of carbonyl (C=O) groups excluding carboxylic acids is 2. The molecule has 0 bridgehead atoms. The van der Waals surface area contributed by atoms with E-state index in [1.54, 1.807) is 17.3 Å². The lowest BCUT2D eigenvalue weighted by molar-refractivity contribution is -0.146. The van der Waals surface area contributed by atoms with Crippen molar-refractivity contribution in [3.8, 4) is 0 Å². The molecule has 2 rings (SSSR count). The van der Waals surface area contributed by atoms with Gasteiger partial charge in [-0.25, -0.2) is 0 Å². The molecule has 1 unspecified atom stereocenters. The zero-order valence-corrected chi connectivity index (χ0v) is 11.6. The van der Waals surface area contributed by atoms with Crippen LogP contribution in [0.4, 0.5) is 0 Å². The summed E-state index contributed by atoms with van der Waals surface area (Å²) in [5, 5.41) is 2.60. The monoisotopic (exact) mass is 311 g/mol. The normalized spacial score (nSPS) is 19.9. The highest BCUT2D eigenvalue weighted by Gasteiger charge is 2.32. The lowest BCUT2D eigenvalue weighted by atomic mass is 10.1. The van der Waals surface area contributed by atoms with Gasteiger partial charge in [-0.1, -0.05) is 6.92 Å². The first-order valence-electron chi connectivity index (χ1n) is 5.78. The van der Waals surface area contributed by atoms with Gasteiger partial charge < -0.3 is 10.2 Å². The van der Waals surface area contributed by atoms with Gasteiger partial charge in [0.15, 0.2) is 0 Å². The topological polar surface area (TPSA) is 62.3 Å². The Morgan fingerprint density at radius 2 is 2.28 bits per heavy atom. The Bertz CT molecular complexity index is 478. The summed E-state index contributed by atoms with van der Waals surface area (Å²) in [6.45, 7) is 2.39. The van der Waals surface area contributed by atoms with E-state index in [1.807, 2.05) is 13.0 Å². The Morgan fingerprint density at radius 3 is 2.94 bits per heavy atom. The van der Waals surface area contributed by atoms with Crippen molar-refractivity contribution in [2.75, 3.05) is 6.54 Å². The first-order valence-corrected chi connectivity index (χ1v) is 6.57. The second-order valence-electron chi connectivity index (χ2n) is 4.17. The fourth-order valence-electron chi connectivity index (χ4n) is 2.04. The molecule has 1 fully saturated rings. The first kappa shape index (κ1) is 13.0. The predicted molar refractivity (Wildman–Crippen MR) is 69.6 cm³/mol. The van der Waals surface area contributed by atoms with Crippen molar-refractivity contribution in [1.82, 2.24) is 15.2 Å². The van der Waals surface area contributed by atoms with Gasteiger partial charge in [0, 0.05) is 23.4 Å². The summed E-state index contributed by atoms with van der Waals surface area (Å²) in [7, 11) is 0. The van der Waals surface area contributed by atoms with Crippen molar-refractivity contribution < 1.29 is 9.59 Å². The smallest absolute Gasteiger partial charge is 0.243 e. The van der Waals surface area contributed by atoms with Crippen molar-refractivity contribution in [2.45, 2.75) is 25.9 Å². The first-order chi connectivity index (χ1) is 8.61. The van der Waals surface area contributed by atoms with E-state index in [-0.39, 0.29) is 24.4 Å². The zero-order chi connectivity index (χ0) is 13.1. The number of hydrogen-bond acceptors (Lipinski definition) is 3. The van der Waals surface area contributed by atoms with Crippen LogP contribution >= 0.6 is 15.9 Å². The van der Waals surface area contributed by atoms with E-state index >= 15 is 0 Å². The Kier molecular flexibility index (Phi) is 3.96. The van der Waals surface area contributed by atoms with Gasteiger partial charge >= 0.3 is 0 Å². The third-order valence-electron chi connectivity index (χ3n) is 2.91. The van der Waals surface area contributed by atoms with E-state index in [0.717, 1.165) is 10.0 Å². The lowest BCUT2D eigenvalue weighted by Crippen LogP contribution is -2.57. The molecule has 1 aliphatic rings. The fourth-order valence-corrected chi connectivity index (χ4v) is 2.45. The van der Waals surface area contributed by atoms with E-state index < -0.39 is 0 Å². The summed E-state index contributed by atoms with van der Waals surface area (Å²) < 4.78 is 0.863. The van der Waals surface area contributed by atoms with Crippen LogP contribution in [0, 0.1) is 0 Å². The van der Waals surface area contributed by atoms with Crippen LogP contribution in [0.2, 0.25) is 0 Å². The highest BCUT2D eigenvalue weighted by Crippen LogP contribution is 2.16. The molecular formula is C12H14BrN3O2. The SMILES string of the molecule is CCC1C(=O)NCC(=O)N1Cc1cncc(Br)c1. The molecule has 1 atom stereocenters. The third kappa shape index (κ3) is 2.69. The van der Waals surface area contributed by atoms with Gasteiger partial charge in [0.25, 0.3) is 0 Å². The van der Waals surface area contributed by atoms with Crippen molar-refractivity contribution in [2.24, 2.45) is 0 Å². The number of halogens is 1. The molecule has 1 aromatic heterocycles. The fraction of sp³-hybridized carbons (Fsp3) is 0.417. The molecule has 18 heavy (non-hydrogen) atoms. The molecule has 1 N–H and O–H groups in total. The number of nitrogens with one attached hydrogen (secondary N) is 1. The quantitative estimate of drug-likeness (QED) is 0.908. The Balaban J connectivity index is 2.19. The molecular weight excluding hydrogens is 298 g/mol. The van der Waals surface area contributed by atoms with Crippen LogP contribution in [0.25, 0.3) is 0 Å². The van der Waals surface area contributed by atoms with E-state index in [9.17, 15) is 9.59 Å². The Hall–Kier alpha value is -1.43. The van der Waals surface area contributed by atoms with Crippen LogP contribution in [0.1, 0.15) is 18.9 Å². The highest BCUT2D eigenvalue weighted by atomic mass is 79.9.